The fourth-order valence-corrected chi connectivity index (χ4v) is 5.18. The zero-order valence-corrected chi connectivity index (χ0v) is 20.2. The molecule has 0 amide bonds. The lowest BCUT2D eigenvalue weighted by Crippen LogP contribution is -2.50. The maximum atomic E-state index is 13.3. The highest BCUT2D eigenvalue weighted by Crippen LogP contribution is 2.26. The summed E-state index contributed by atoms with van der Waals surface area (Å²) >= 11 is 0. The van der Waals surface area contributed by atoms with Gasteiger partial charge in [0.25, 0.3) is 0 Å². The first kappa shape index (κ1) is 25.2. The molecule has 2 heterocycles. The largest absolute Gasteiger partial charge is 0.486 e. The van der Waals surface area contributed by atoms with Crippen molar-refractivity contribution in [2.45, 2.75) is 39.0 Å². The number of aromatic nitrogens is 2. The van der Waals surface area contributed by atoms with Crippen molar-refractivity contribution in [3.05, 3.63) is 46.9 Å². The number of hydrogen-bond donors (Lipinski definition) is 1. The second kappa shape index (κ2) is 12.2. The molecule has 1 aromatic carbocycles. The van der Waals surface area contributed by atoms with E-state index < -0.39 is 10.0 Å². The summed E-state index contributed by atoms with van der Waals surface area (Å²) in [5, 5.41) is 4.38. The van der Waals surface area contributed by atoms with Crippen molar-refractivity contribution in [1.82, 2.24) is 14.1 Å². The smallest absolute Gasteiger partial charge is 0.316 e. The lowest BCUT2D eigenvalue weighted by Gasteiger charge is -2.35. The van der Waals surface area contributed by atoms with Crippen LogP contribution in [0.1, 0.15) is 39.0 Å². The molecule has 182 valence electrons. The zero-order chi connectivity index (χ0) is 23.7. The summed E-state index contributed by atoms with van der Waals surface area (Å²) in [5.41, 5.74) is 6.40. The second-order valence-electron chi connectivity index (χ2n) is 8.16. The Morgan fingerprint density at radius 2 is 1.73 bits per heavy atom. The molecule has 1 aromatic heterocycles. The number of unbranched alkanes of at least 4 members (excludes halogenated alkanes) is 4. The maximum absolute atomic E-state index is 13.3. The van der Waals surface area contributed by atoms with Crippen molar-refractivity contribution < 1.29 is 13.2 Å². The number of anilines is 1. The number of piperazine rings is 1. The van der Waals surface area contributed by atoms with Gasteiger partial charge < -0.3 is 15.4 Å². The molecule has 0 unspecified atom stereocenters. The van der Waals surface area contributed by atoms with E-state index in [0.29, 0.717) is 44.2 Å². The Hall–Kier alpha value is -2.43. The minimum absolute atomic E-state index is 0.0614. The zero-order valence-electron chi connectivity index (χ0n) is 19.4. The number of rotatable bonds is 12. The van der Waals surface area contributed by atoms with Crippen LogP contribution >= 0.6 is 0 Å². The van der Waals surface area contributed by atoms with Crippen molar-refractivity contribution in [2.75, 3.05) is 50.0 Å². The van der Waals surface area contributed by atoms with Crippen molar-refractivity contribution in [3.8, 4) is 11.4 Å². The van der Waals surface area contributed by atoms with Gasteiger partial charge in [-0.05, 0) is 18.6 Å². The van der Waals surface area contributed by atoms with E-state index in [2.05, 4.69) is 12.0 Å². The lowest BCUT2D eigenvalue weighted by atomic mass is 10.2. The number of ether oxygens (including phenoxy) is 1. The maximum Gasteiger partial charge on any atom is 0.316 e. The van der Waals surface area contributed by atoms with Crippen molar-refractivity contribution in [2.24, 2.45) is 5.73 Å². The summed E-state index contributed by atoms with van der Waals surface area (Å²) in [6.45, 7) is 4.30. The van der Waals surface area contributed by atoms with E-state index >= 15 is 0 Å². The van der Waals surface area contributed by atoms with Gasteiger partial charge >= 0.3 is 5.56 Å². The van der Waals surface area contributed by atoms with Gasteiger partial charge in [0.1, 0.15) is 5.69 Å². The summed E-state index contributed by atoms with van der Waals surface area (Å²) in [7, 11) is -3.36. The van der Waals surface area contributed by atoms with Gasteiger partial charge in [0.05, 0.1) is 24.2 Å². The Morgan fingerprint density at radius 1 is 1.03 bits per heavy atom. The molecule has 0 saturated carbocycles. The third kappa shape index (κ3) is 6.55. The standard InChI is InChI=1S/C23H35N5O4S/c1-2-3-4-5-9-17-32-22-21(19-25-28(23(22)29)20-10-7-6-8-11-20)26-13-15-27(16-14-26)33(30,31)18-12-24/h6-8,10-11,19H,2-5,9,12-18,24H2,1H3. The minimum Gasteiger partial charge on any atom is -0.486 e. The first-order valence-electron chi connectivity index (χ1n) is 11.7. The molecule has 33 heavy (non-hydrogen) atoms. The molecule has 0 aliphatic carbocycles. The van der Waals surface area contributed by atoms with Crippen LogP contribution in [-0.2, 0) is 10.0 Å². The quantitative estimate of drug-likeness (QED) is 0.466. The van der Waals surface area contributed by atoms with E-state index in [4.69, 9.17) is 10.5 Å². The molecule has 0 atom stereocenters. The SMILES string of the molecule is CCCCCCCOc1c(N2CCN(S(=O)(=O)CCN)CC2)cnn(-c2ccccc2)c1=O. The first-order chi connectivity index (χ1) is 16.0. The molecule has 0 spiro atoms. The van der Waals surface area contributed by atoms with E-state index in [1.165, 1.54) is 21.8 Å². The number of nitrogens with zero attached hydrogens (tertiary/aromatic N) is 4. The highest BCUT2D eigenvalue weighted by molar-refractivity contribution is 7.89. The molecule has 0 radical (unpaired) electrons. The number of sulfonamides is 1. The van der Waals surface area contributed by atoms with Crippen LogP contribution in [0.25, 0.3) is 5.69 Å². The monoisotopic (exact) mass is 477 g/mol. The molecule has 1 fully saturated rings. The molecule has 0 bridgehead atoms. The molecule has 1 saturated heterocycles. The van der Waals surface area contributed by atoms with Gasteiger partial charge in [-0.2, -0.15) is 14.1 Å². The third-order valence-electron chi connectivity index (χ3n) is 5.76. The molecule has 2 N–H and O–H groups in total. The number of benzene rings is 1. The van der Waals surface area contributed by atoms with Crippen molar-refractivity contribution in [1.29, 1.82) is 0 Å². The van der Waals surface area contributed by atoms with E-state index in [9.17, 15) is 13.2 Å². The Balaban J connectivity index is 1.80. The normalized spacial score (nSPS) is 15.0. The molecule has 1 aliphatic heterocycles. The van der Waals surface area contributed by atoms with Crippen LogP contribution in [0.4, 0.5) is 5.69 Å². The number of hydrogen-bond acceptors (Lipinski definition) is 7. The average Bonchev–Trinajstić information content (AvgIpc) is 2.82. The van der Waals surface area contributed by atoms with Crippen LogP contribution in [0.15, 0.2) is 41.3 Å². The number of nitrogens with two attached hydrogens (primary N) is 1. The predicted molar refractivity (Wildman–Crippen MR) is 131 cm³/mol. The minimum atomic E-state index is -3.36. The summed E-state index contributed by atoms with van der Waals surface area (Å²) in [6, 6.07) is 9.24. The molecular formula is C23H35N5O4S. The van der Waals surface area contributed by atoms with E-state index in [1.54, 1.807) is 6.20 Å². The van der Waals surface area contributed by atoms with E-state index in [-0.39, 0.29) is 23.6 Å². The Bertz CT molecular complexity index is 1030. The summed E-state index contributed by atoms with van der Waals surface area (Å²) in [6.07, 6.45) is 7.08. The Morgan fingerprint density at radius 3 is 2.39 bits per heavy atom. The van der Waals surface area contributed by atoms with Crippen LogP contribution < -0.4 is 20.9 Å². The van der Waals surface area contributed by atoms with Crippen molar-refractivity contribution >= 4 is 15.7 Å². The fraction of sp³-hybridized carbons (Fsp3) is 0.565. The van der Waals surface area contributed by atoms with Gasteiger partial charge in [-0.1, -0.05) is 50.8 Å². The summed E-state index contributed by atoms with van der Waals surface area (Å²) in [5.74, 6) is 0.205. The summed E-state index contributed by atoms with van der Waals surface area (Å²) < 4.78 is 33.5. The number of para-hydroxylation sites is 1. The Labute approximate surface area is 196 Å². The first-order valence-corrected chi connectivity index (χ1v) is 13.3. The topological polar surface area (TPSA) is 111 Å². The van der Waals surface area contributed by atoms with Gasteiger partial charge in [-0.15, -0.1) is 0 Å². The van der Waals surface area contributed by atoms with Gasteiger partial charge in [0, 0.05) is 32.7 Å². The average molecular weight is 478 g/mol. The van der Waals surface area contributed by atoms with Crippen LogP contribution in [0.5, 0.6) is 5.75 Å². The van der Waals surface area contributed by atoms with E-state index in [0.717, 1.165) is 19.3 Å². The molecular weight excluding hydrogens is 442 g/mol. The predicted octanol–water partition coefficient (Wildman–Crippen LogP) is 1.99. The molecule has 3 rings (SSSR count). The van der Waals surface area contributed by atoms with Crippen LogP contribution in [0, 0.1) is 0 Å². The van der Waals surface area contributed by atoms with Gasteiger partial charge in [0.15, 0.2) is 0 Å². The van der Waals surface area contributed by atoms with E-state index in [1.807, 2.05) is 35.2 Å². The molecule has 1 aliphatic rings. The second-order valence-corrected chi connectivity index (χ2v) is 10.3. The molecule has 2 aromatic rings. The highest BCUT2D eigenvalue weighted by Gasteiger charge is 2.28. The Kier molecular flexibility index (Phi) is 9.28. The fourth-order valence-electron chi connectivity index (χ4n) is 3.91. The van der Waals surface area contributed by atoms with Crippen LogP contribution in [0.3, 0.4) is 0 Å². The molecule has 10 heteroatoms. The molecule has 9 nitrogen and oxygen atoms in total. The van der Waals surface area contributed by atoms with Crippen LogP contribution in [0.2, 0.25) is 0 Å². The van der Waals surface area contributed by atoms with Gasteiger partial charge in [0.2, 0.25) is 15.8 Å². The highest BCUT2D eigenvalue weighted by atomic mass is 32.2. The van der Waals surface area contributed by atoms with Gasteiger partial charge in [-0.25, -0.2) is 8.42 Å². The van der Waals surface area contributed by atoms with Crippen molar-refractivity contribution in [3.63, 3.8) is 0 Å². The lowest BCUT2D eigenvalue weighted by molar-refractivity contribution is 0.297. The van der Waals surface area contributed by atoms with Gasteiger partial charge in [-0.3, -0.25) is 4.79 Å². The third-order valence-corrected chi connectivity index (χ3v) is 7.66. The summed E-state index contributed by atoms with van der Waals surface area (Å²) in [4.78, 5) is 15.3. The van der Waals surface area contributed by atoms with Crippen LogP contribution in [-0.4, -0.2) is 67.6 Å².